The maximum absolute atomic E-state index is 11.6. The van der Waals surface area contributed by atoms with Crippen molar-refractivity contribution in [3.63, 3.8) is 0 Å². The first-order valence-electron chi connectivity index (χ1n) is 4.73. The van der Waals surface area contributed by atoms with Crippen LogP contribution in [0.1, 0.15) is 26.7 Å². The predicted molar refractivity (Wildman–Crippen MR) is 46.0 cm³/mol. The molecular weight excluding hydrogens is 168 g/mol. The quantitative estimate of drug-likeness (QED) is 0.528. The van der Waals surface area contributed by atoms with Crippen molar-refractivity contribution in [3.05, 3.63) is 0 Å². The highest BCUT2D eigenvalue weighted by Gasteiger charge is 2.52. The molecule has 1 aliphatic heterocycles. The van der Waals surface area contributed by atoms with E-state index in [0.717, 1.165) is 6.42 Å². The Bertz CT molecular complexity index is 267. The zero-order valence-electron chi connectivity index (χ0n) is 8.00. The number of ketones is 1. The number of rotatable bonds is 0. The second kappa shape index (κ2) is 2.56. The third-order valence-electron chi connectivity index (χ3n) is 3.40. The zero-order chi connectivity index (χ0) is 9.64. The molecule has 2 aliphatic rings. The molecule has 0 N–H and O–H groups in total. The zero-order valence-corrected chi connectivity index (χ0v) is 8.00. The first-order chi connectivity index (χ1) is 6.03. The van der Waals surface area contributed by atoms with Crippen LogP contribution in [-0.4, -0.2) is 18.4 Å². The summed E-state index contributed by atoms with van der Waals surface area (Å²) in [6.07, 6.45) is 1.42. The highest BCUT2D eigenvalue weighted by Crippen LogP contribution is 2.45. The van der Waals surface area contributed by atoms with Crippen LogP contribution in [0.5, 0.6) is 0 Å². The van der Waals surface area contributed by atoms with Gasteiger partial charge in [-0.1, -0.05) is 13.8 Å². The van der Waals surface area contributed by atoms with Gasteiger partial charge in [0, 0.05) is 17.8 Å². The van der Waals surface area contributed by atoms with E-state index >= 15 is 0 Å². The molecule has 0 aromatic rings. The summed E-state index contributed by atoms with van der Waals surface area (Å²) >= 11 is 0. The standard InChI is InChI=1S/C10H14O3/c1-10(2)7(11)4-3-6-5-13-9(12)8(6)10/h6,8H,3-5H2,1-2H3. The molecule has 2 fully saturated rings. The van der Waals surface area contributed by atoms with Crippen LogP contribution in [0.2, 0.25) is 0 Å². The van der Waals surface area contributed by atoms with E-state index in [1.165, 1.54) is 0 Å². The number of fused-ring (bicyclic) bond motifs is 1. The first-order valence-corrected chi connectivity index (χ1v) is 4.73. The van der Waals surface area contributed by atoms with Crippen molar-refractivity contribution >= 4 is 11.8 Å². The summed E-state index contributed by atoms with van der Waals surface area (Å²) in [4.78, 5) is 23.0. The topological polar surface area (TPSA) is 43.4 Å². The molecule has 2 atom stereocenters. The summed E-state index contributed by atoms with van der Waals surface area (Å²) in [6, 6.07) is 0. The summed E-state index contributed by atoms with van der Waals surface area (Å²) in [5.41, 5.74) is -0.503. The molecule has 72 valence electrons. The fourth-order valence-electron chi connectivity index (χ4n) is 2.51. The summed E-state index contributed by atoms with van der Waals surface area (Å²) in [7, 11) is 0. The van der Waals surface area contributed by atoms with Crippen LogP contribution in [0.15, 0.2) is 0 Å². The highest BCUT2D eigenvalue weighted by atomic mass is 16.5. The van der Waals surface area contributed by atoms with Crippen LogP contribution >= 0.6 is 0 Å². The Kier molecular flexibility index (Phi) is 1.72. The molecule has 2 rings (SSSR count). The summed E-state index contributed by atoms with van der Waals surface area (Å²) in [5.74, 6) is 0.115. The minimum atomic E-state index is -0.503. The van der Waals surface area contributed by atoms with Crippen molar-refractivity contribution < 1.29 is 14.3 Å². The van der Waals surface area contributed by atoms with Crippen molar-refractivity contribution in [2.75, 3.05) is 6.61 Å². The lowest BCUT2D eigenvalue weighted by Gasteiger charge is -2.35. The molecule has 1 heterocycles. The lowest BCUT2D eigenvalue weighted by molar-refractivity contribution is -0.150. The molecule has 0 amide bonds. The minimum Gasteiger partial charge on any atom is -0.465 e. The Balaban J connectivity index is 2.33. The van der Waals surface area contributed by atoms with E-state index < -0.39 is 5.41 Å². The summed E-state index contributed by atoms with van der Waals surface area (Å²) in [5, 5.41) is 0. The smallest absolute Gasteiger partial charge is 0.310 e. The van der Waals surface area contributed by atoms with E-state index in [1.807, 2.05) is 13.8 Å². The number of ether oxygens (including phenoxy) is 1. The van der Waals surface area contributed by atoms with Crippen molar-refractivity contribution in [1.29, 1.82) is 0 Å². The SMILES string of the molecule is CC1(C)C(=O)CCC2COC(=O)C21. The van der Waals surface area contributed by atoms with Gasteiger partial charge in [0.2, 0.25) is 0 Å². The van der Waals surface area contributed by atoms with Gasteiger partial charge in [0.25, 0.3) is 0 Å². The maximum atomic E-state index is 11.6. The van der Waals surface area contributed by atoms with Crippen molar-refractivity contribution in [2.24, 2.45) is 17.3 Å². The Morgan fingerprint density at radius 3 is 2.77 bits per heavy atom. The van der Waals surface area contributed by atoms with Gasteiger partial charge in [0.1, 0.15) is 5.78 Å². The third-order valence-corrected chi connectivity index (χ3v) is 3.40. The molecule has 0 bridgehead atoms. The van der Waals surface area contributed by atoms with Gasteiger partial charge >= 0.3 is 5.97 Å². The Hall–Kier alpha value is -0.860. The Morgan fingerprint density at radius 1 is 1.38 bits per heavy atom. The van der Waals surface area contributed by atoms with Crippen molar-refractivity contribution in [3.8, 4) is 0 Å². The van der Waals surface area contributed by atoms with Gasteiger partial charge in [-0.15, -0.1) is 0 Å². The monoisotopic (exact) mass is 182 g/mol. The minimum absolute atomic E-state index is 0.178. The molecule has 1 saturated heterocycles. The van der Waals surface area contributed by atoms with Gasteiger partial charge in [-0.25, -0.2) is 0 Å². The maximum Gasteiger partial charge on any atom is 0.310 e. The number of hydrogen-bond donors (Lipinski definition) is 0. The van der Waals surface area contributed by atoms with Crippen LogP contribution < -0.4 is 0 Å². The number of esters is 1. The van der Waals surface area contributed by atoms with Crippen LogP contribution in [0, 0.1) is 17.3 Å². The molecule has 0 spiro atoms. The predicted octanol–water partition coefficient (Wildman–Crippen LogP) is 1.16. The second-order valence-corrected chi connectivity index (χ2v) is 4.55. The molecule has 0 aromatic carbocycles. The van der Waals surface area contributed by atoms with Gasteiger partial charge in [-0.3, -0.25) is 9.59 Å². The van der Waals surface area contributed by atoms with Gasteiger partial charge in [0.15, 0.2) is 0 Å². The Morgan fingerprint density at radius 2 is 2.08 bits per heavy atom. The van der Waals surface area contributed by atoms with E-state index in [0.29, 0.717) is 13.0 Å². The largest absolute Gasteiger partial charge is 0.465 e. The third kappa shape index (κ3) is 1.10. The van der Waals surface area contributed by atoms with Crippen molar-refractivity contribution in [2.45, 2.75) is 26.7 Å². The first kappa shape index (κ1) is 8.73. The molecular formula is C10H14O3. The number of Topliss-reactive ketones (excluding diaryl/α,β-unsaturated/α-hetero) is 1. The average Bonchev–Trinajstić information content (AvgIpc) is 2.41. The number of carbonyl (C=O) groups excluding carboxylic acids is 2. The molecule has 0 radical (unpaired) electrons. The molecule has 3 heteroatoms. The van der Waals surface area contributed by atoms with Gasteiger partial charge in [-0.2, -0.15) is 0 Å². The summed E-state index contributed by atoms with van der Waals surface area (Å²) in [6.45, 7) is 4.23. The normalized spacial score (nSPS) is 37.1. The molecule has 0 aromatic heterocycles. The second-order valence-electron chi connectivity index (χ2n) is 4.55. The van der Waals surface area contributed by atoms with Crippen LogP contribution in [0.3, 0.4) is 0 Å². The highest BCUT2D eigenvalue weighted by molar-refractivity contribution is 5.91. The van der Waals surface area contributed by atoms with Gasteiger partial charge in [-0.05, 0) is 6.42 Å². The van der Waals surface area contributed by atoms with Crippen LogP contribution in [0.4, 0.5) is 0 Å². The number of carbonyl (C=O) groups is 2. The van der Waals surface area contributed by atoms with Gasteiger partial charge in [0.05, 0.1) is 12.5 Å². The molecule has 1 aliphatic carbocycles. The molecule has 1 saturated carbocycles. The molecule has 3 nitrogen and oxygen atoms in total. The van der Waals surface area contributed by atoms with Crippen LogP contribution in [0.25, 0.3) is 0 Å². The number of hydrogen-bond acceptors (Lipinski definition) is 3. The molecule has 2 unspecified atom stereocenters. The van der Waals surface area contributed by atoms with E-state index in [1.54, 1.807) is 0 Å². The van der Waals surface area contributed by atoms with E-state index in [9.17, 15) is 9.59 Å². The molecule has 13 heavy (non-hydrogen) atoms. The Labute approximate surface area is 77.4 Å². The fourth-order valence-corrected chi connectivity index (χ4v) is 2.51. The van der Waals surface area contributed by atoms with E-state index in [2.05, 4.69) is 0 Å². The lowest BCUT2D eigenvalue weighted by atomic mass is 9.64. The van der Waals surface area contributed by atoms with Crippen molar-refractivity contribution in [1.82, 2.24) is 0 Å². The van der Waals surface area contributed by atoms with E-state index in [-0.39, 0.29) is 23.6 Å². The fraction of sp³-hybridized carbons (Fsp3) is 0.800. The van der Waals surface area contributed by atoms with E-state index in [4.69, 9.17) is 4.74 Å². The average molecular weight is 182 g/mol. The van der Waals surface area contributed by atoms with Crippen LogP contribution in [-0.2, 0) is 14.3 Å². The lowest BCUT2D eigenvalue weighted by Crippen LogP contribution is -2.43. The van der Waals surface area contributed by atoms with Gasteiger partial charge < -0.3 is 4.74 Å². The summed E-state index contributed by atoms with van der Waals surface area (Å²) < 4.78 is 4.99. The number of cyclic esters (lactones) is 1.